The third-order valence-electron chi connectivity index (χ3n) is 4.04. The smallest absolute Gasteiger partial charge is 0.231 e. The minimum Gasteiger partial charge on any atom is -0.454 e. The molecule has 0 aliphatic carbocycles. The molecule has 0 amide bonds. The summed E-state index contributed by atoms with van der Waals surface area (Å²) in [5, 5.41) is 3.24. The molecule has 1 atom stereocenters. The second-order valence-electron chi connectivity index (χ2n) is 5.54. The van der Waals surface area contributed by atoms with Gasteiger partial charge in [0.2, 0.25) is 6.79 Å². The van der Waals surface area contributed by atoms with Crippen LogP contribution in [0.1, 0.15) is 22.3 Å². The molecule has 1 unspecified atom stereocenters. The molecular weight excluding hydrogens is 300 g/mol. The predicted molar refractivity (Wildman–Crippen MR) is 83.4 cm³/mol. The molecular formula is C16H18N2O3S. The highest BCUT2D eigenvalue weighted by Gasteiger charge is 2.27. The zero-order chi connectivity index (χ0) is 14.9. The highest BCUT2D eigenvalue weighted by Crippen LogP contribution is 2.34. The lowest BCUT2D eigenvalue weighted by atomic mass is 10.1. The third-order valence-corrected chi connectivity index (χ3v) is 4.83. The van der Waals surface area contributed by atoms with Crippen LogP contribution in [-0.4, -0.2) is 36.4 Å². The first-order chi connectivity index (χ1) is 10.8. The van der Waals surface area contributed by atoms with Crippen molar-refractivity contribution in [1.29, 1.82) is 0 Å². The van der Waals surface area contributed by atoms with Crippen LogP contribution in [0.2, 0.25) is 0 Å². The maximum absolute atomic E-state index is 5.67. The maximum Gasteiger partial charge on any atom is 0.231 e. The Morgan fingerprint density at radius 3 is 3.09 bits per heavy atom. The van der Waals surface area contributed by atoms with Gasteiger partial charge in [-0.2, -0.15) is 0 Å². The van der Waals surface area contributed by atoms with Crippen LogP contribution in [0, 0.1) is 6.92 Å². The number of morpholine rings is 1. The maximum atomic E-state index is 5.67. The standard InChI is InChI=1S/C16H18N2O3S/c1-11-17-13(9-22-11)14-8-19-5-4-18(14)7-12-2-3-15-16(6-12)21-10-20-15/h2-3,6,9,14H,4-5,7-8,10H2,1H3. The van der Waals surface area contributed by atoms with Crippen LogP contribution in [0.15, 0.2) is 23.6 Å². The molecule has 4 rings (SSSR count). The molecule has 116 valence electrons. The molecule has 1 saturated heterocycles. The first-order valence-electron chi connectivity index (χ1n) is 7.42. The van der Waals surface area contributed by atoms with E-state index in [1.807, 2.05) is 13.0 Å². The molecule has 0 bridgehead atoms. The topological polar surface area (TPSA) is 43.8 Å². The highest BCUT2D eigenvalue weighted by molar-refractivity contribution is 7.09. The Labute approximate surface area is 133 Å². The number of fused-ring (bicyclic) bond motifs is 1. The van der Waals surface area contributed by atoms with E-state index in [9.17, 15) is 0 Å². The van der Waals surface area contributed by atoms with Crippen LogP contribution in [0.4, 0.5) is 0 Å². The van der Waals surface area contributed by atoms with E-state index in [-0.39, 0.29) is 6.04 Å². The van der Waals surface area contributed by atoms with Crippen LogP contribution >= 0.6 is 11.3 Å². The molecule has 1 aromatic heterocycles. The summed E-state index contributed by atoms with van der Waals surface area (Å²) in [4.78, 5) is 7.06. The fourth-order valence-electron chi connectivity index (χ4n) is 2.91. The number of ether oxygens (including phenoxy) is 3. The molecule has 3 heterocycles. The van der Waals surface area contributed by atoms with Gasteiger partial charge in [0.15, 0.2) is 11.5 Å². The van der Waals surface area contributed by atoms with Crippen molar-refractivity contribution in [2.24, 2.45) is 0 Å². The predicted octanol–water partition coefficient (Wildman–Crippen LogP) is 2.75. The molecule has 1 aromatic carbocycles. The number of hydrogen-bond acceptors (Lipinski definition) is 6. The Hall–Kier alpha value is -1.63. The van der Waals surface area contributed by atoms with E-state index in [2.05, 4.69) is 27.4 Å². The second kappa shape index (κ2) is 5.87. The zero-order valence-corrected chi connectivity index (χ0v) is 13.3. The third kappa shape index (κ3) is 2.69. The van der Waals surface area contributed by atoms with E-state index >= 15 is 0 Å². The van der Waals surface area contributed by atoms with Crippen molar-refractivity contribution in [3.05, 3.63) is 39.8 Å². The number of rotatable bonds is 3. The van der Waals surface area contributed by atoms with Crippen molar-refractivity contribution < 1.29 is 14.2 Å². The van der Waals surface area contributed by atoms with Gasteiger partial charge in [0.1, 0.15) is 0 Å². The Morgan fingerprint density at radius 2 is 2.23 bits per heavy atom. The number of benzene rings is 1. The van der Waals surface area contributed by atoms with E-state index in [1.54, 1.807) is 11.3 Å². The molecule has 0 saturated carbocycles. The molecule has 0 spiro atoms. The summed E-state index contributed by atoms with van der Waals surface area (Å²) in [6.45, 7) is 5.60. The summed E-state index contributed by atoms with van der Waals surface area (Å²) >= 11 is 1.69. The number of aromatic nitrogens is 1. The van der Waals surface area contributed by atoms with Crippen molar-refractivity contribution in [1.82, 2.24) is 9.88 Å². The van der Waals surface area contributed by atoms with Gasteiger partial charge in [-0.3, -0.25) is 4.90 Å². The van der Waals surface area contributed by atoms with Crippen molar-refractivity contribution >= 4 is 11.3 Å². The van der Waals surface area contributed by atoms with Crippen molar-refractivity contribution in [3.8, 4) is 11.5 Å². The van der Waals surface area contributed by atoms with Gasteiger partial charge >= 0.3 is 0 Å². The van der Waals surface area contributed by atoms with Crippen molar-refractivity contribution in [3.63, 3.8) is 0 Å². The van der Waals surface area contributed by atoms with Crippen molar-refractivity contribution in [2.75, 3.05) is 26.6 Å². The van der Waals surface area contributed by atoms with Gasteiger partial charge in [-0.1, -0.05) is 6.07 Å². The van der Waals surface area contributed by atoms with Gasteiger partial charge in [-0.15, -0.1) is 11.3 Å². The molecule has 2 aliphatic rings. The SMILES string of the molecule is Cc1nc(C2COCCN2Cc2ccc3c(c2)OCO3)cs1. The average Bonchev–Trinajstić information content (AvgIpc) is 3.16. The minimum atomic E-state index is 0.226. The highest BCUT2D eigenvalue weighted by atomic mass is 32.1. The van der Waals surface area contributed by atoms with Crippen LogP contribution in [-0.2, 0) is 11.3 Å². The van der Waals surface area contributed by atoms with Gasteiger partial charge in [-0.05, 0) is 24.6 Å². The van der Waals surface area contributed by atoms with Gasteiger partial charge in [0.05, 0.1) is 30.0 Å². The summed E-state index contributed by atoms with van der Waals surface area (Å²) in [5.41, 5.74) is 2.34. The molecule has 2 aromatic rings. The average molecular weight is 318 g/mol. The molecule has 1 fully saturated rings. The summed E-state index contributed by atoms with van der Waals surface area (Å²) < 4.78 is 16.5. The summed E-state index contributed by atoms with van der Waals surface area (Å²) in [5.74, 6) is 1.67. The quantitative estimate of drug-likeness (QED) is 0.870. The van der Waals surface area contributed by atoms with Crippen LogP contribution < -0.4 is 9.47 Å². The monoisotopic (exact) mass is 318 g/mol. The summed E-state index contributed by atoms with van der Waals surface area (Å²) in [7, 11) is 0. The minimum absolute atomic E-state index is 0.226. The second-order valence-corrected chi connectivity index (χ2v) is 6.60. The van der Waals surface area contributed by atoms with Crippen LogP contribution in [0.5, 0.6) is 11.5 Å². The van der Waals surface area contributed by atoms with Gasteiger partial charge in [0.25, 0.3) is 0 Å². The Morgan fingerprint density at radius 1 is 1.32 bits per heavy atom. The zero-order valence-electron chi connectivity index (χ0n) is 12.4. The van der Waals surface area contributed by atoms with Gasteiger partial charge in [0, 0.05) is 18.5 Å². The van der Waals surface area contributed by atoms with E-state index in [0.29, 0.717) is 13.4 Å². The number of hydrogen-bond donors (Lipinski definition) is 0. The number of thiazole rings is 1. The fraction of sp³-hybridized carbons (Fsp3) is 0.438. The fourth-order valence-corrected chi connectivity index (χ4v) is 3.57. The largest absolute Gasteiger partial charge is 0.454 e. The van der Waals surface area contributed by atoms with Gasteiger partial charge in [-0.25, -0.2) is 4.98 Å². The number of nitrogens with zero attached hydrogens (tertiary/aromatic N) is 2. The molecule has 5 nitrogen and oxygen atoms in total. The summed E-state index contributed by atoms with van der Waals surface area (Å²) in [6, 6.07) is 6.39. The van der Waals surface area contributed by atoms with E-state index in [0.717, 1.165) is 41.9 Å². The Balaban J connectivity index is 1.54. The van der Waals surface area contributed by atoms with Crippen LogP contribution in [0.3, 0.4) is 0 Å². The van der Waals surface area contributed by atoms with Crippen LogP contribution in [0.25, 0.3) is 0 Å². The molecule has 2 aliphatic heterocycles. The first-order valence-corrected chi connectivity index (χ1v) is 8.30. The lowest BCUT2D eigenvalue weighted by molar-refractivity contribution is -0.0140. The van der Waals surface area contributed by atoms with E-state index in [1.165, 1.54) is 5.56 Å². The lowest BCUT2D eigenvalue weighted by Crippen LogP contribution is -2.39. The molecule has 0 radical (unpaired) electrons. The first kappa shape index (κ1) is 14.0. The molecule has 22 heavy (non-hydrogen) atoms. The lowest BCUT2D eigenvalue weighted by Gasteiger charge is -2.34. The normalized spacial score (nSPS) is 21.2. The Bertz CT molecular complexity index is 673. The summed E-state index contributed by atoms with van der Waals surface area (Å²) in [6.07, 6.45) is 0. The van der Waals surface area contributed by atoms with E-state index < -0.39 is 0 Å². The number of aryl methyl sites for hydroxylation is 1. The van der Waals surface area contributed by atoms with Crippen molar-refractivity contribution in [2.45, 2.75) is 19.5 Å². The van der Waals surface area contributed by atoms with Gasteiger partial charge < -0.3 is 14.2 Å². The molecule has 6 heteroatoms. The Kier molecular flexibility index (Phi) is 3.73. The molecule has 0 N–H and O–H groups in total. The van der Waals surface area contributed by atoms with E-state index in [4.69, 9.17) is 14.2 Å².